The number of aromatic amines is 1. The number of aromatic nitrogens is 5. The highest BCUT2D eigenvalue weighted by Gasteiger charge is 2.34. The summed E-state index contributed by atoms with van der Waals surface area (Å²) in [6.07, 6.45) is 0.494. The van der Waals surface area contributed by atoms with Gasteiger partial charge in [-0.25, -0.2) is 23.8 Å². The summed E-state index contributed by atoms with van der Waals surface area (Å²) < 4.78 is 17.1. The second kappa shape index (κ2) is 8.91. The molecule has 13 heteroatoms. The summed E-state index contributed by atoms with van der Waals surface area (Å²) in [5.41, 5.74) is 1.22. The summed E-state index contributed by atoms with van der Waals surface area (Å²) in [6, 6.07) is 0. The van der Waals surface area contributed by atoms with Gasteiger partial charge in [0.15, 0.2) is 16.7 Å². The van der Waals surface area contributed by atoms with Crippen LogP contribution in [0.2, 0.25) is 5.02 Å². The Hall–Kier alpha value is -2.31. The number of carboxylic acid groups (broad SMARTS) is 1. The highest BCUT2D eigenvalue weighted by molar-refractivity contribution is 9.10. The fraction of sp³-hybridized carbons (Fsp3) is 0.421. The number of Topliss-reactive ketones (excluding diaryl/α,β-unsaturated/α-hetero) is 1. The van der Waals surface area contributed by atoms with E-state index in [0.29, 0.717) is 33.4 Å². The number of halogens is 3. The van der Waals surface area contributed by atoms with E-state index in [1.807, 2.05) is 0 Å². The lowest BCUT2D eigenvalue weighted by Gasteiger charge is -2.34. The Bertz CT molecular complexity index is 1190. The summed E-state index contributed by atoms with van der Waals surface area (Å²) in [6.45, 7) is 2.26. The van der Waals surface area contributed by atoms with Crippen LogP contribution in [0, 0.1) is 12.8 Å². The number of anilines is 1. The number of hydrogen-bond acceptors (Lipinski definition) is 7. The van der Waals surface area contributed by atoms with E-state index in [0.717, 1.165) is 17.0 Å². The number of carbonyl (C=O) groups is 2. The third kappa shape index (κ3) is 4.18. The summed E-state index contributed by atoms with van der Waals surface area (Å²) in [4.78, 5) is 37.6. The smallest absolute Gasteiger partial charge is 0.348 e. The molecular formula is C19H19BrClFN6O3S. The van der Waals surface area contributed by atoms with Crippen molar-refractivity contribution in [3.63, 3.8) is 0 Å². The van der Waals surface area contributed by atoms with Crippen LogP contribution in [0.4, 0.5) is 9.52 Å². The second-order valence-electron chi connectivity index (χ2n) is 7.58. The standard InChI is InChI=1S/C19H19BrClFN6O3S/c1-8-12(20)13(21)14(25-8)11(29)5-9-3-4-28(6-10(9)22)19-26-15(16(32-19)18(30)31)17-23-7-24-27(17)2/h7,9-10,25H,3-6H2,1-2H3,(H,30,31)/t9-,10-/m0/s1. The molecule has 4 rings (SSSR count). The molecule has 1 aliphatic rings. The lowest BCUT2D eigenvalue weighted by Crippen LogP contribution is -2.42. The molecule has 1 saturated heterocycles. The molecule has 3 aromatic heterocycles. The first-order valence-electron chi connectivity index (χ1n) is 9.71. The first kappa shape index (κ1) is 22.9. The monoisotopic (exact) mass is 544 g/mol. The van der Waals surface area contributed by atoms with Gasteiger partial charge in [-0.2, -0.15) is 5.10 Å². The topological polar surface area (TPSA) is 117 Å². The van der Waals surface area contributed by atoms with Crippen molar-refractivity contribution in [2.24, 2.45) is 13.0 Å². The Morgan fingerprint density at radius 1 is 1.47 bits per heavy atom. The van der Waals surface area contributed by atoms with Crippen molar-refractivity contribution < 1.29 is 19.1 Å². The summed E-state index contributed by atoms with van der Waals surface area (Å²) >= 11 is 10.5. The van der Waals surface area contributed by atoms with Gasteiger partial charge in [0.2, 0.25) is 0 Å². The van der Waals surface area contributed by atoms with E-state index in [-0.39, 0.29) is 35.0 Å². The Labute approximate surface area is 199 Å². The Kier molecular flexibility index (Phi) is 6.37. The van der Waals surface area contributed by atoms with Crippen LogP contribution in [0.3, 0.4) is 0 Å². The van der Waals surface area contributed by atoms with E-state index in [9.17, 15) is 14.7 Å². The highest BCUT2D eigenvalue weighted by Crippen LogP contribution is 2.36. The maximum atomic E-state index is 15.0. The number of piperidine rings is 1. The number of nitrogens with one attached hydrogen (secondary N) is 1. The molecule has 0 spiro atoms. The number of rotatable bonds is 6. The van der Waals surface area contributed by atoms with Gasteiger partial charge in [-0.3, -0.25) is 4.79 Å². The SMILES string of the molecule is Cc1[nH]c(C(=O)C[C@@H]2CCN(c3nc(-c4ncnn4C)c(C(=O)O)s3)C[C@@H]2F)c(Cl)c1Br. The van der Waals surface area contributed by atoms with Crippen molar-refractivity contribution in [1.29, 1.82) is 0 Å². The average Bonchev–Trinajstić information content (AvgIpc) is 3.43. The van der Waals surface area contributed by atoms with Crippen molar-refractivity contribution >= 4 is 55.8 Å². The molecular weight excluding hydrogens is 527 g/mol. The summed E-state index contributed by atoms with van der Waals surface area (Å²) in [7, 11) is 1.64. The minimum atomic E-state index is -1.28. The van der Waals surface area contributed by atoms with Crippen molar-refractivity contribution in [2.75, 3.05) is 18.0 Å². The number of hydrogen-bond donors (Lipinski definition) is 2. The van der Waals surface area contributed by atoms with E-state index in [4.69, 9.17) is 11.6 Å². The molecule has 4 heterocycles. The number of ketones is 1. The minimum Gasteiger partial charge on any atom is -0.477 e. The minimum absolute atomic E-state index is 0.0178. The normalized spacial score (nSPS) is 18.8. The molecule has 0 radical (unpaired) electrons. The molecule has 2 atom stereocenters. The molecule has 32 heavy (non-hydrogen) atoms. The van der Waals surface area contributed by atoms with E-state index in [1.54, 1.807) is 18.9 Å². The van der Waals surface area contributed by atoms with Crippen LogP contribution in [0.5, 0.6) is 0 Å². The zero-order valence-electron chi connectivity index (χ0n) is 17.1. The van der Waals surface area contributed by atoms with Gasteiger partial charge in [0.25, 0.3) is 0 Å². The van der Waals surface area contributed by atoms with Crippen LogP contribution in [0.1, 0.15) is 38.7 Å². The van der Waals surface area contributed by atoms with E-state index in [2.05, 4.69) is 36.0 Å². The van der Waals surface area contributed by atoms with Crippen LogP contribution in [-0.2, 0) is 7.05 Å². The van der Waals surface area contributed by atoms with Gasteiger partial charge in [-0.1, -0.05) is 22.9 Å². The van der Waals surface area contributed by atoms with Gasteiger partial charge in [-0.15, -0.1) is 0 Å². The molecule has 9 nitrogen and oxygen atoms in total. The zero-order chi connectivity index (χ0) is 23.2. The predicted octanol–water partition coefficient (Wildman–Crippen LogP) is 4.13. The van der Waals surface area contributed by atoms with Crippen molar-refractivity contribution in [2.45, 2.75) is 25.9 Å². The molecule has 1 aliphatic heterocycles. The summed E-state index contributed by atoms with van der Waals surface area (Å²) in [5.74, 6) is -1.51. The first-order chi connectivity index (χ1) is 15.2. The second-order valence-corrected chi connectivity index (χ2v) is 9.73. The predicted molar refractivity (Wildman–Crippen MR) is 121 cm³/mol. The van der Waals surface area contributed by atoms with Crippen LogP contribution in [0.25, 0.3) is 11.5 Å². The fourth-order valence-corrected chi connectivity index (χ4v) is 5.24. The van der Waals surface area contributed by atoms with Gasteiger partial charge in [0.1, 0.15) is 28.8 Å². The van der Waals surface area contributed by atoms with Gasteiger partial charge >= 0.3 is 5.97 Å². The number of alkyl halides is 1. The number of aromatic carboxylic acids is 1. The molecule has 0 saturated carbocycles. The van der Waals surface area contributed by atoms with Crippen molar-refractivity contribution in [1.82, 2.24) is 24.7 Å². The molecule has 0 aromatic carbocycles. The number of H-pyrrole nitrogens is 1. The molecule has 1 fully saturated rings. The maximum absolute atomic E-state index is 15.0. The number of nitrogens with zero attached hydrogens (tertiary/aromatic N) is 5. The van der Waals surface area contributed by atoms with E-state index in [1.165, 1.54) is 11.0 Å². The third-order valence-corrected chi connectivity index (χ3v) is 8.16. The van der Waals surface area contributed by atoms with E-state index >= 15 is 4.39 Å². The van der Waals surface area contributed by atoms with Crippen LogP contribution >= 0.6 is 38.9 Å². The Morgan fingerprint density at radius 3 is 2.78 bits per heavy atom. The van der Waals surface area contributed by atoms with Gasteiger partial charge in [0, 0.05) is 31.6 Å². The summed E-state index contributed by atoms with van der Waals surface area (Å²) in [5, 5.41) is 14.2. The van der Waals surface area contributed by atoms with Gasteiger partial charge in [-0.05, 0) is 29.3 Å². The van der Waals surface area contributed by atoms with Gasteiger partial charge < -0.3 is 15.0 Å². The van der Waals surface area contributed by atoms with Gasteiger partial charge in [0.05, 0.1) is 16.0 Å². The lowest BCUT2D eigenvalue weighted by atomic mass is 9.89. The zero-order valence-corrected chi connectivity index (χ0v) is 20.3. The highest BCUT2D eigenvalue weighted by atomic mass is 79.9. The fourth-order valence-electron chi connectivity index (χ4n) is 3.71. The van der Waals surface area contributed by atoms with Crippen LogP contribution in [-0.4, -0.2) is 60.9 Å². The first-order valence-corrected chi connectivity index (χ1v) is 11.7. The number of aryl methyl sites for hydroxylation is 2. The van der Waals surface area contributed by atoms with E-state index < -0.39 is 18.1 Å². The Balaban J connectivity index is 1.49. The van der Waals surface area contributed by atoms with Crippen LogP contribution in [0.15, 0.2) is 10.8 Å². The molecule has 0 unspecified atom stereocenters. The number of thiazole rings is 1. The number of carbonyl (C=O) groups excluding carboxylic acids is 1. The third-order valence-electron chi connectivity index (χ3n) is 5.46. The molecule has 3 aromatic rings. The van der Waals surface area contributed by atoms with Crippen molar-refractivity contribution in [3.05, 3.63) is 32.1 Å². The number of carboxylic acids is 1. The average molecular weight is 546 g/mol. The Morgan fingerprint density at radius 2 is 2.22 bits per heavy atom. The molecule has 0 bridgehead atoms. The maximum Gasteiger partial charge on any atom is 0.348 e. The molecule has 0 amide bonds. The quantitative estimate of drug-likeness (QED) is 0.447. The molecule has 170 valence electrons. The van der Waals surface area contributed by atoms with Crippen molar-refractivity contribution in [3.8, 4) is 11.5 Å². The molecule has 0 aliphatic carbocycles. The largest absolute Gasteiger partial charge is 0.477 e. The van der Waals surface area contributed by atoms with Crippen LogP contribution < -0.4 is 4.90 Å². The lowest BCUT2D eigenvalue weighted by molar-refractivity contribution is 0.0702. The molecule has 2 N–H and O–H groups in total.